The van der Waals surface area contributed by atoms with E-state index in [9.17, 15) is 25.8 Å². The number of nitro groups is 1. The molecule has 0 radical (unpaired) electrons. The van der Waals surface area contributed by atoms with Crippen LogP contribution < -0.4 is 5.32 Å². The van der Waals surface area contributed by atoms with Crippen LogP contribution in [-0.4, -0.2) is 16.7 Å². The molecule has 1 aromatic carbocycles. The number of hydrogen-bond acceptors (Lipinski definition) is 6. The number of imide groups is 1. The number of nitrogens with one attached hydrogen (secondary N) is 1. The number of non-ortho nitro benzene ring substituents is 1. The maximum absolute atomic E-state index is 12.3. The van der Waals surface area contributed by atoms with Gasteiger partial charge in [0.15, 0.2) is 0 Å². The van der Waals surface area contributed by atoms with E-state index in [0.717, 1.165) is 37.5 Å². The normalized spacial score (nSPS) is 11.0. The summed E-state index contributed by atoms with van der Waals surface area (Å²) in [6, 6.07) is 2.96. The van der Waals surface area contributed by atoms with Gasteiger partial charge in [0.2, 0.25) is 5.91 Å². The van der Waals surface area contributed by atoms with Crippen LogP contribution in [0.4, 0.5) is 5.69 Å². The van der Waals surface area contributed by atoms with Crippen molar-refractivity contribution in [2.45, 2.75) is 110 Å². The van der Waals surface area contributed by atoms with Crippen molar-refractivity contribution in [3.63, 3.8) is 0 Å². The molecule has 1 aromatic rings. The highest BCUT2D eigenvalue weighted by atomic mass is 127. The van der Waals surface area contributed by atoms with Crippen molar-refractivity contribution in [3.8, 4) is 0 Å². The highest BCUT2D eigenvalue weighted by Gasteiger charge is 2.21. The largest absolute Gasteiger partial charge is 0.341 e. The fraction of sp³-hybridized carbons (Fsp3) is 0.680. The summed E-state index contributed by atoms with van der Waals surface area (Å²) in [6.07, 6.45) is 18.4. The molecule has 8 nitrogen and oxygen atoms in total. The van der Waals surface area contributed by atoms with Gasteiger partial charge < -0.3 is 0 Å². The number of nitro benzene ring substituents is 1. The number of benzene rings is 1. The molecule has 2 amide bonds. The lowest BCUT2D eigenvalue weighted by Crippen LogP contribution is -2.30. The van der Waals surface area contributed by atoms with Crippen LogP contribution in [0.25, 0.3) is 0 Å². The summed E-state index contributed by atoms with van der Waals surface area (Å²) in [7, 11) is 0. The van der Waals surface area contributed by atoms with Gasteiger partial charge in [0.05, 0.1) is 14.1 Å². The number of carbonyl (C=O) groups is 2. The Morgan fingerprint density at radius 3 is 1.74 bits per heavy atom. The smallest absolute Gasteiger partial charge is 0.292 e. The molecule has 0 atom stereocenters. The number of hydrogen-bond donors (Lipinski definition) is 1. The lowest BCUT2D eigenvalue weighted by Gasteiger charge is -2.06. The van der Waals surface area contributed by atoms with E-state index in [-0.39, 0.29) is 15.6 Å². The van der Waals surface area contributed by atoms with E-state index in [1.165, 1.54) is 70.6 Å². The van der Waals surface area contributed by atoms with Crippen LogP contribution in [0.3, 0.4) is 0 Å². The van der Waals surface area contributed by atoms with Crippen LogP contribution in [0, 0.1) is 13.7 Å². The third-order valence-corrected chi connectivity index (χ3v) is 7.72. The first-order valence-electron chi connectivity index (χ1n) is 12.5. The first-order chi connectivity index (χ1) is 16.4. The average Bonchev–Trinajstić information content (AvgIpc) is 2.81. The van der Waals surface area contributed by atoms with E-state index in [1.807, 2.05) is 0 Å². The average molecular weight is 590 g/mol. The summed E-state index contributed by atoms with van der Waals surface area (Å²) in [5.74, 6) is -1.42. The number of rotatable bonds is 19. The Hall–Kier alpha value is -1.91. The molecule has 0 bridgehead atoms. The minimum Gasteiger partial charge on any atom is -0.292 e. The molecular formula is C25H39IN2O6. The number of amides is 2. The Bertz CT molecular complexity index is 846. The van der Waals surface area contributed by atoms with Crippen LogP contribution in [0.5, 0.6) is 0 Å². The summed E-state index contributed by atoms with van der Waals surface area (Å²) in [4.78, 5) is 34.6. The Labute approximate surface area is 210 Å². The molecule has 0 unspecified atom stereocenters. The van der Waals surface area contributed by atoms with Crippen LogP contribution in [0.2, 0.25) is 0 Å². The van der Waals surface area contributed by atoms with Crippen molar-refractivity contribution in [2.75, 3.05) is 0 Å². The van der Waals surface area contributed by atoms with Gasteiger partial charge in [0.25, 0.3) is 11.6 Å². The van der Waals surface area contributed by atoms with Crippen LogP contribution in [-0.2, 0) is 10.9 Å². The molecule has 34 heavy (non-hydrogen) atoms. The fourth-order valence-corrected chi connectivity index (χ4v) is 5.20. The molecule has 9 heteroatoms. The Morgan fingerprint density at radius 1 is 0.824 bits per heavy atom. The summed E-state index contributed by atoms with van der Waals surface area (Å²) in [5.41, 5.74) is -0.754. The lowest BCUT2D eigenvalue weighted by atomic mass is 10.0. The molecule has 0 spiro atoms. The number of halogens is 1. The van der Waals surface area contributed by atoms with Crippen molar-refractivity contribution in [1.82, 2.24) is 5.32 Å². The number of nitrogens with zero attached hydrogens (tertiary/aromatic N) is 1. The Morgan fingerprint density at radius 2 is 1.29 bits per heavy atom. The predicted molar refractivity (Wildman–Crippen MR) is 139 cm³/mol. The highest BCUT2D eigenvalue weighted by molar-refractivity contribution is 14.2. The molecule has 0 aromatic heterocycles. The Balaban J connectivity index is 2.15. The minimum atomic E-state index is -4.05. The van der Waals surface area contributed by atoms with Crippen LogP contribution in [0.15, 0.2) is 18.2 Å². The predicted octanol–water partition coefficient (Wildman–Crippen LogP) is 7.48. The van der Waals surface area contributed by atoms with E-state index >= 15 is 0 Å². The molecule has 0 fully saturated rings. The summed E-state index contributed by atoms with van der Waals surface area (Å²) in [5, 5.41) is 13.1. The van der Waals surface area contributed by atoms with Gasteiger partial charge in [-0.3, -0.25) is 25.0 Å². The SMILES string of the molecule is CCCCCCCCCCCCCCCCCC(=O)NC(=O)c1cc([N+](=O)[O-])ccc1I(=O)=O. The lowest BCUT2D eigenvalue weighted by molar-refractivity contribution is -0.384. The fourth-order valence-electron chi connectivity index (χ4n) is 3.85. The van der Waals surface area contributed by atoms with Gasteiger partial charge in [-0.25, -0.2) is 6.14 Å². The number of unbranched alkanes of at least 4 members (excludes halogenated alkanes) is 14. The standard InChI is InChI=1S/C25H39IN2O6/c1-2-3-4-5-6-7-8-9-10-11-12-13-14-15-16-17-24(29)27-25(30)22-20-21(28(33)34)18-19-23(22)26(31)32/h18-20H,2-17H2,1H3,(H,27,29,30). The quantitative estimate of drug-likeness (QED) is 0.0771. The third-order valence-electron chi connectivity index (χ3n) is 5.83. The zero-order valence-corrected chi connectivity index (χ0v) is 22.5. The maximum Gasteiger partial charge on any atom is 0.341 e. The van der Waals surface area contributed by atoms with Crippen molar-refractivity contribution >= 4 is 37.3 Å². The van der Waals surface area contributed by atoms with Crippen molar-refractivity contribution in [2.24, 2.45) is 0 Å². The van der Waals surface area contributed by atoms with E-state index in [4.69, 9.17) is 0 Å². The van der Waals surface area contributed by atoms with Gasteiger partial charge >= 0.3 is 19.8 Å². The molecular weight excluding hydrogens is 551 g/mol. The molecule has 1 N–H and O–H groups in total. The van der Waals surface area contributed by atoms with Crippen molar-refractivity contribution in [1.29, 1.82) is 0 Å². The highest BCUT2D eigenvalue weighted by Crippen LogP contribution is 2.26. The maximum atomic E-state index is 12.3. The molecule has 0 heterocycles. The second-order valence-electron chi connectivity index (χ2n) is 8.72. The topological polar surface area (TPSA) is 123 Å². The molecule has 192 valence electrons. The zero-order chi connectivity index (χ0) is 25.2. The zero-order valence-electron chi connectivity index (χ0n) is 20.3. The van der Waals surface area contributed by atoms with E-state index in [2.05, 4.69) is 12.2 Å². The summed E-state index contributed by atoms with van der Waals surface area (Å²) < 4.78 is 22.6. The van der Waals surface area contributed by atoms with Gasteiger partial charge in [0.1, 0.15) is 0 Å². The van der Waals surface area contributed by atoms with E-state index in [0.29, 0.717) is 6.42 Å². The van der Waals surface area contributed by atoms with Gasteiger partial charge in [-0.2, -0.15) is 0 Å². The van der Waals surface area contributed by atoms with Gasteiger partial charge in [-0.1, -0.05) is 96.8 Å². The second-order valence-corrected chi connectivity index (χ2v) is 11.1. The molecule has 0 aliphatic carbocycles. The molecule has 0 saturated carbocycles. The molecule has 0 aliphatic rings. The third kappa shape index (κ3) is 13.1. The van der Waals surface area contributed by atoms with E-state index < -0.39 is 42.2 Å². The minimum absolute atomic E-state index is 0.158. The molecule has 0 saturated heterocycles. The first-order valence-corrected chi connectivity index (χ1v) is 15.4. The Kier molecular flexibility index (Phi) is 16.3. The van der Waals surface area contributed by atoms with Crippen LogP contribution >= 0.6 is 19.8 Å². The van der Waals surface area contributed by atoms with Crippen LogP contribution in [0.1, 0.15) is 120 Å². The van der Waals surface area contributed by atoms with Gasteiger partial charge in [-0.05, 0) is 12.5 Å². The monoisotopic (exact) mass is 590 g/mol. The van der Waals surface area contributed by atoms with Gasteiger partial charge in [0, 0.05) is 18.6 Å². The summed E-state index contributed by atoms with van der Waals surface area (Å²) >= 11 is -4.05. The van der Waals surface area contributed by atoms with Crippen molar-refractivity contribution in [3.05, 3.63) is 37.4 Å². The second kappa shape index (κ2) is 18.4. The van der Waals surface area contributed by atoms with Crippen molar-refractivity contribution < 1.29 is 20.7 Å². The first kappa shape index (κ1) is 30.1. The van der Waals surface area contributed by atoms with Gasteiger partial charge in [-0.15, -0.1) is 0 Å². The summed E-state index contributed by atoms with van der Waals surface area (Å²) in [6.45, 7) is 2.24. The molecule has 1 rings (SSSR count). The van der Waals surface area contributed by atoms with E-state index in [1.54, 1.807) is 0 Å². The number of carbonyl (C=O) groups excluding carboxylic acids is 2. The molecule has 0 aliphatic heterocycles.